The molecular formula is C12H18BrClN2. The molecule has 1 rings (SSSR count). The predicted molar refractivity (Wildman–Crippen MR) is 74.2 cm³/mol. The smallest absolute Gasteiger partial charge is 0.125 e. The monoisotopic (exact) mass is 304 g/mol. The molecule has 0 saturated heterocycles. The zero-order chi connectivity index (χ0) is 11.8. The van der Waals surface area contributed by atoms with E-state index < -0.39 is 0 Å². The van der Waals surface area contributed by atoms with E-state index in [1.165, 1.54) is 12.8 Å². The molecule has 2 nitrogen and oxygen atoms in total. The summed E-state index contributed by atoms with van der Waals surface area (Å²) in [6.07, 6.45) is 5.30. The molecule has 0 aliphatic rings. The van der Waals surface area contributed by atoms with Gasteiger partial charge in [-0.3, -0.25) is 0 Å². The molecule has 1 heterocycles. The first-order chi connectivity index (χ1) is 7.76. The Balaban J connectivity index is 2.38. The highest BCUT2D eigenvalue weighted by atomic mass is 79.9. The molecule has 0 spiro atoms. The normalized spacial score (nSPS) is 12.4. The first-order valence-corrected chi connectivity index (χ1v) is 7.00. The Morgan fingerprint density at radius 2 is 2.25 bits per heavy atom. The van der Waals surface area contributed by atoms with Gasteiger partial charge < -0.3 is 5.32 Å². The van der Waals surface area contributed by atoms with Gasteiger partial charge in [-0.1, -0.05) is 13.3 Å². The van der Waals surface area contributed by atoms with E-state index in [0.717, 1.165) is 29.1 Å². The van der Waals surface area contributed by atoms with Crippen molar-refractivity contribution in [1.82, 2.24) is 4.98 Å². The Labute approximate surface area is 111 Å². The van der Waals surface area contributed by atoms with E-state index >= 15 is 0 Å². The van der Waals surface area contributed by atoms with E-state index in [1.807, 2.05) is 12.1 Å². The zero-order valence-electron chi connectivity index (χ0n) is 9.55. The van der Waals surface area contributed by atoms with Crippen molar-refractivity contribution >= 4 is 33.3 Å². The summed E-state index contributed by atoms with van der Waals surface area (Å²) < 4.78 is 1.00. The lowest BCUT2D eigenvalue weighted by Gasteiger charge is -2.15. The lowest BCUT2D eigenvalue weighted by Crippen LogP contribution is -2.15. The maximum Gasteiger partial charge on any atom is 0.125 e. The van der Waals surface area contributed by atoms with Gasteiger partial charge in [0.25, 0.3) is 0 Å². The molecule has 4 heteroatoms. The van der Waals surface area contributed by atoms with E-state index in [2.05, 4.69) is 33.2 Å². The molecule has 0 fully saturated rings. The SMILES string of the molecule is CCCC(CCCl)CNc1ccc(Br)cn1. The summed E-state index contributed by atoms with van der Waals surface area (Å²) in [5, 5.41) is 3.35. The van der Waals surface area contributed by atoms with Crippen molar-refractivity contribution in [3.63, 3.8) is 0 Å². The zero-order valence-corrected chi connectivity index (χ0v) is 11.9. The molecule has 0 aromatic carbocycles. The van der Waals surface area contributed by atoms with Gasteiger partial charge in [0, 0.05) is 23.1 Å². The molecule has 1 aromatic rings. The Hall–Kier alpha value is -0.280. The van der Waals surface area contributed by atoms with Crippen LogP contribution in [0.3, 0.4) is 0 Å². The van der Waals surface area contributed by atoms with Crippen LogP contribution in [0.15, 0.2) is 22.8 Å². The van der Waals surface area contributed by atoms with Gasteiger partial charge in [0.05, 0.1) is 0 Å². The second-order valence-corrected chi connectivity index (χ2v) is 5.17. The lowest BCUT2D eigenvalue weighted by molar-refractivity contribution is 0.489. The van der Waals surface area contributed by atoms with Crippen LogP contribution in [-0.2, 0) is 0 Å². The number of rotatable bonds is 7. The number of nitrogens with one attached hydrogen (secondary N) is 1. The molecular weight excluding hydrogens is 288 g/mol. The summed E-state index contributed by atoms with van der Waals surface area (Å²) in [5.41, 5.74) is 0. The Morgan fingerprint density at radius 3 is 2.81 bits per heavy atom. The first kappa shape index (κ1) is 13.8. The van der Waals surface area contributed by atoms with Gasteiger partial charge in [-0.25, -0.2) is 4.98 Å². The number of aromatic nitrogens is 1. The molecule has 0 saturated carbocycles. The third-order valence-electron chi connectivity index (χ3n) is 2.51. The fraction of sp³-hybridized carbons (Fsp3) is 0.583. The van der Waals surface area contributed by atoms with E-state index in [-0.39, 0.29) is 0 Å². The number of halogens is 2. The average molecular weight is 306 g/mol. The van der Waals surface area contributed by atoms with Crippen LogP contribution in [-0.4, -0.2) is 17.4 Å². The van der Waals surface area contributed by atoms with Gasteiger partial charge in [-0.15, -0.1) is 11.6 Å². The summed E-state index contributed by atoms with van der Waals surface area (Å²) >= 11 is 9.15. The van der Waals surface area contributed by atoms with Gasteiger partial charge in [-0.2, -0.15) is 0 Å². The van der Waals surface area contributed by atoms with Crippen molar-refractivity contribution in [2.75, 3.05) is 17.7 Å². The second-order valence-electron chi connectivity index (χ2n) is 3.87. The molecule has 16 heavy (non-hydrogen) atoms. The number of nitrogens with zero attached hydrogens (tertiary/aromatic N) is 1. The van der Waals surface area contributed by atoms with Crippen LogP contribution in [0.25, 0.3) is 0 Å². The van der Waals surface area contributed by atoms with Crippen molar-refractivity contribution in [3.05, 3.63) is 22.8 Å². The Morgan fingerprint density at radius 1 is 1.44 bits per heavy atom. The molecule has 1 N–H and O–H groups in total. The van der Waals surface area contributed by atoms with Crippen molar-refractivity contribution in [2.45, 2.75) is 26.2 Å². The largest absolute Gasteiger partial charge is 0.370 e. The van der Waals surface area contributed by atoms with Gasteiger partial charge in [-0.05, 0) is 46.8 Å². The fourth-order valence-electron chi connectivity index (χ4n) is 1.64. The van der Waals surface area contributed by atoms with Crippen molar-refractivity contribution < 1.29 is 0 Å². The van der Waals surface area contributed by atoms with Gasteiger partial charge in [0.15, 0.2) is 0 Å². The minimum absolute atomic E-state index is 0.646. The molecule has 0 radical (unpaired) electrons. The topological polar surface area (TPSA) is 24.9 Å². The van der Waals surface area contributed by atoms with Gasteiger partial charge in [0.2, 0.25) is 0 Å². The molecule has 0 bridgehead atoms. The van der Waals surface area contributed by atoms with Gasteiger partial charge in [0.1, 0.15) is 5.82 Å². The van der Waals surface area contributed by atoms with Crippen LogP contribution in [0.4, 0.5) is 5.82 Å². The van der Waals surface area contributed by atoms with Crippen molar-refractivity contribution in [2.24, 2.45) is 5.92 Å². The minimum Gasteiger partial charge on any atom is -0.370 e. The van der Waals surface area contributed by atoms with Crippen LogP contribution in [0, 0.1) is 5.92 Å². The summed E-state index contributed by atoms with van der Waals surface area (Å²) in [4.78, 5) is 4.28. The van der Waals surface area contributed by atoms with Crippen LogP contribution >= 0.6 is 27.5 Å². The summed E-state index contributed by atoms with van der Waals surface area (Å²) in [6, 6.07) is 3.97. The molecule has 1 atom stereocenters. The van der Waals surface area contributed by atoms with Gasteiger partial charge >= 0.3 is 0 Å². The number of hydrogen-bond donors (Lipinski definition) is 1. The van der Waals surface area contributed by atoms with Crippen molar-refractivity contribution in [1.29, 1.82) is 0 Å². The molecule has 1 unspecified atom stereocenters. The maximum atomic E-state index is 5.78. The third-order valence-corrected chi connectivity index (χ3v) is 3.20. The highest BCUT2D eigenvalue weighted by Crippen LogP contribution is 2.15. The van der Waals surface area contributed by atoms with Crippen LogP contribution in [0.2, 0.25) is 0 Å². The minimum atomic E-state index is 0.646. The number of hydrogen-bond acceptors (Lipinski definition) is 2. The maximum absolute atomic E-state index is 5.78. The van der Waals surface area contributed by atoms with Crippen LogP contribution in [0.1, 0.15) is 26.2 Å². The summed E-state index contributed by atoms with van der Waals surface area (Å²) in [7, 11) is 0. The molecule has 0 aliphatic carbocycles. The molecule has 90 valence electrons. The highest BCUT2D eigenvalue weighted by molar-refractivity contribution is 9.10. The van der Waals surface area contributed by atoms with E-state index in [0.29, 0.717) is 5.92 Å². The molecule has 0 aliphatic heterocycles. The number of anilines is 1. The second kappa shape index (κ2) is 7.91. The fourth-order valence-corrected chi connectivity index (χ4v) is 2.18. The number of alkyl halides is 1. The van der Waals surface area contributed by atoms with Crippen LogP contribution in [0.5, 0.6) is 0 Å². The predicted octanol–water partition coefficient (Wildman–Crippen LogP) is 4.30. The van der Waals surface area contributed by atoms with E-state index in [9.17, 15) is 0 Å². The standard InChI is InChI=1S/C12H18BrClN2/c1-2-3-10(6-7-14)8-15-12-5-4-11(13)9-16-12/h4-5,9-10H,2-3,6-8H2,1H3,(H,15,16). The lowest BCUT2D eigenvalue weighted by atomic mass is 10.0. The van der Waals surface area contributed by atoms with E-state index in [4.69, 9.17) is 11.6 Å². The summed E-state index contributed by atoms with van der Waals surface area (Å²) in [6.45, 7) is 3.16. The highest BCUT2D eigenvalue weighted by Gasteiger charge is 2.06. The average Bonchev–Trinajstić information content (AvgIpc) is 2.29. The Bertz CT molecular complexity index is 284. The first-order valence-electron chi connectivity index (χ1n) is 5.67. The Kier molecular flexibility index (Phi) is 6.81. The molecule has 0 amide bonds. The third kappa shape index (κ3) is 5.17. The van der Waals surface area contributed by atoms with Crippen LogP contribution < -0.4 is 5.32 Å². The number of pyridine rings is 1. The van der Waals surface area contributed by atoms with Crippen molar-refractivity contribution in [3.8, 4) is 0 Å². The summed E-state index contributed by atoms with van der Waals surface area (Å²) in [5.74, 6) is 2.31. The quantitative estimate of drug-likeness (QED) is 0.760. The molecule has 1 aromatic heterocycles. The van der Waals surface area contributed by atoms with E-state index in [1.54, 1.807) is 6.20 Å².